The summed E-state index contributed by atoms with van der Waals surface area (Å²) >= 11 is 5.06. The van der Waals surface area contributed by atoms with E-state index in [0.717, 1.165) is 11.3 Å². The van der Waals surface area contributed by atoms with Gasteiger partial charge >= 0.3 is 0 Å². The van der Waals surface area contributed by atoms with Gasteiger partial charge in [0.2, 0.25) is 0 Å². The maximum Gasteiger partial charge on any atom is 0.264 e. The highest BCUT2D eigenvalue weighted by Crippen LogP contribution is 2.09. The van der Waals surface area contributed by atoms with E-state index >= 15 is 0 Å². The fourth-order valence-electron chi connectivity index (χ4n) is 1.68. The van der Waals surface area contributed by atoms with Crippen LogP contribution in [-0.4, -0.2) is 22.7 Å². The summed E-state index contributed by atoms with van der Waals surface area (Å²) < 4.78 is 5.32. The van der Waals surface area contributed by atoms with Crippen molar-refractivity contribution in [3.8, 4) is 5.75 Å². The van der Waals surface area contributed by atoms with Gasteiger partial charge < -0.3 is 15.2 Å². The van der Waals surface area contributed by atoms with Gasteiger partial charge in [-0.3, -0.25) is 10.1 Å². The Bertz CT molecular complexity index is 630. The average molecular weight is 316 g/mol. The lowest BCUT2D eigenvalue weighted by Crippen LogP contribution is -2.37. The Morgan fingerprint density at radius 2 is 1.77 bits per heavy atom. The van der Waals surface area contributed by atoms with Gasteiger partial charge in [-0.25, -0.2) is 0 Å². The third-order valence-corrected chi connectivity index (χ3v) is 2.96. The molecule has 0 atom stereocenters. The number of rotatable bonds is 5. The summed E-state index contributed by atoms with van der Waals surface area (Å²) in [6, 6.07) is 16.1. The Kier molecular flexibility index (Phi) is 5.88. The van der Waals surface area contributed by atoms with E-state index in [1.807, 2.05) is 18.2 Å². The lowest BCUT2D eigenvalue weighted by atomic mass is 10.2. The first kappa shape index (κ1) is 15.9. The molecule has 1 amide bonds. The van der Waals surface area contributed by atoms with E-state index < -0.39 is 0 Å². The molecule has 2 rings (SSSR count). The highest BCUT2D eigenvalue weighted by molar-refractivity contribution is 7.80. The zero-order valence-corrected chi connectivity index (χ0v) is 12.6. The van der Waals surface area contributed by atoms with Gasteiger partial charge in [0.25, 0.3) is 5.91 Å². The summed E-state index contributed by atoms with van der Waals surface area (Å²) in [6.07, 6.45) is 0. The number of aliphatic hydroxyl groups is 1. The van der Waals surface area contributed by atoms with E-state index in [1.54, 1.807) is 36.4 Å². The molecule has 6 heteroatoms. The first-order chi connectivity index (χ1) is 10.7. The number of anilines is 1. The van der Waals surface area contributed by atoms with Crippen LogP contribution < -0.4 is 15.4 Å². The van der Waals surface area contributed by atoms with Crippen LogP contribution in [0.2, 0.25) is 0 Å². The van der Waals surface area contributed by atoms with Crippen LogP contribution in [0.4, 0.5) is 5.69 Å². The zero-order chi connectivity index (χ0) is 15.8. The number of carbonyl (C=O) groups excluding carboxylic acids is 1. The van der Waals surface area contributed by atoms with Crippen LogP contribution in [0, 0.1) is 0 Å². The molecule has 0 bridgehead atoms. The molecule has 0 aliphatic heterocycles. The molecule has 0 saturated heterocycles. The van der Waals surface area contributed by atoms with Gasteiger partial charge in [0.15, 0.2) is 11.7 Å². The number of hydrogen-bond donors (Lipinski definition) is 3. The molecule has 0 unspecified atom stereocenters. The topological polar surface area (TPSA) is 70.6 Å². The Balaban J connectivity index is 1.77. The molecule has 2 aromatic rings. The number of carbonyl (C=O) groups is 1. The lowest BCUT2D eigenvalue weighted by molar-refractivity contribution is -0.121. The van der Waals surface area contributed by atoms with Gasteiger partial charge in [-0.1, -0.05) is 30.3 Å². The van der Waals surface area contributed by atoms with Gasteiger partial charge in [-0.2, -0.15) is 0 Å². The second-order valence-corrected chi connectivity index (χ2v) is 4.87. The molecule has 0 saturated carbocycles. The Morgan fingerprint density at radius 1 is 1.09 bits per heavy atom. The van der Waals surface area contributed by atoms with Crippen LogP contribution in [-0.2, 0) is 11.4 Å². The molecule has 5 nitrogen and oxygen atoms in total. The fourth-order valence-corrected chi connectivity index (χ4v) is 1.92. The van der Waals surface area contributed by atoms with Crippen LogP contribution in [0.3, 0.4) is 0 Å². The number of benzene rings is 2. The monoisotopic (exact) mass is 316 g/mol. The summed E-state index contributed by atoms with van der Waals surface area (Å²) in [5, 5.41) is 14.6. The normalized spacial score (nSPS) is 9.86. The van der Waals surface area contributed by atoms with Crippen molar-refractivity contribution in [2.45, 2.75) is 6.61 Å². The van der Waals surface area contributed by atoms with Gasteiger partial charge in [-0.15, -0.1) is 0 Å². The zero-order valence-electron chi connectivity index (χ0n) is 11.8. The van der Waals surface area contributed by atoms with Crippen LogP contribution in [0.1, 0.15) is 5.56 Å². The Morgan fingerprint density at radius 3 is 2.41 bits per heavy atom. The maximum absolute atomic E-state index is 11.7. The first-order valence-corrected chi connectivity index (χ1v) is 7.06. The SMILES string of the molecule is O=C(COc1ccccc1)NC(=S)Nc1ccc(CO)cc1. The second-order valence-electron chi connectivity index (χ2n) is 4.46. The quantitative estimate of drug-likeness (QED) is 0.737. The molecular formula is C16H16N2O3S. The number of thiocarbonyl (C=S) groups is 1. The van der Waals surface area contributed by atoms with Crippen molar-refractivity contribution in [1.29, 1.82) is 0 Å². The number of aliphatic hydroxyl groups excluding tert-OH is 1. The molecule has 0 aliphatic carbocycles. The maximum atomic E-state index is 11.7. The molecule has 22 heavy (non-hydrogen) atoms. The largest absolute Gasteiger partial charge is 0.484 e. The average Bonchev–Trinajstić information content (AvgIpc) is 2.54. The predicted molar refractivity (Wildman–Crippen MR) is 88.7 cm³/mol. The molecule has 0 spiro atoms. The summed E-state index contributed by atoms with van der Waals surface area (Å²) in [5.41, 5.74) is 1.53. The van der Waals surface area contributed by atoms with Crippen LogP contribution in [0.25, 0.3) is 0 Å². The molecule has 0 aromatic heterocycles. The van der Waals surface area contributed by atoms with Crippen LogP contribution in [0.5, 0.6) is 5.75 Å². The van der Waals surface area contributed by atoms with Crippen LogP contribution in [0.15, 0.2) is 54.6 Å². The van der Waals surface area contributed by atoms with Crippen molar-refractivity contribution in [2.24, 2.45) is 0 Å². The van der Waals surface area contributed by atoms with Gasteiger partial charge in [0, 0.05) is 5.69 Å². The van der Waals surface area contributed by atoms with E-state index in [9.17, 15) is 4.79 Å². The molecular weight excluding hydrogens is 300 g/mol. The van der Waals surface area contributed by atoms with Crippen molar-refractivity contribution >= 4 is 28.9 Å². The number of para-hydroxylation sites is 1. The lowest BCUT2D eigenvalue weighted by Gasteiger charge is -2.10. The third-order valence-electron chi connectivity index (χ3n) is 2.76. The number of nitrogens with one attached hydrogen (secondary N) is 2. The number of amides is 1. The van der Waals surface area contributed by atoms with Crippen molar-refractivity contribution in [1.82, 2.24) is 5.32 Å². The van der Waals surface area contributed by atoms with E-state index in [2.05, 4.69) is 10.6 Å². The molecule has 0 heterocycles. The molecule has 0 aliphatic rings. The summed E-state index contributed by atoms with van der Waals surface area (Å²) in [7, 11) is 0. The summed E-state index contributed by atoms with van der Waals surface area (Å²) in [4.78, 5) is 11.7. The van der Waals surface area contributed by atoms with E-state index in [0.29, 0.717) is 5.75 Å². The van der Waals surface area contributed by atoms with Gasteiger partial charge in [0.1, 0.15) is 5.75 Å². The molecule has 3 N–H and O–H groups in total. The van der Waals surface area contributed by atoms with Crippen molar-refractivity contribution in [3.05, 3.63) is 60.2 Å². The van der Waals surface area contributed by atoms with Crippen LogP contribution >= 0.6 is 12.2 Å². The molecule has 2 aromatic carbocycles. The minimum atomic E-state index is -0.340. The van der Waals surface area contributed by atoms with Crippen molar-refractivity contribution in [3.63, 3.8) is 0 Å². The summed E-state index contributed by atoms with van der Waals surface area (Å²) in [6.45, 7) is -0.131. The molecule has 0 radical (unpaired) electrons. The smallest absolute Gasteiger partial charge is 0.264 e. The van der Waals surface area contributed by atoms with Crippen molar-refractivity contribution in [2.75, 3.05) is 11.9 Å². The Labute approximate surface area is 133 Å². The van der Waals surface area contributed by atoms with E-state index in [4.69, 9.17) is 22.1 Å². The Hall–Kier alpha value is -2.44. The minimum Gasteiger partial charge on any atom is -0.484 e. The number of ether oxygens (including phenoxy) is 1. The van der Waals surface area contributed by atoms with Crippen molar-refractivity contribution < 1.29 is 14.6 Å². The van der Waals surface area contributed by atoms with E-state index in [1.165, 1.54) is 0 Å². The molecule has 114 valence electrons. The minimum absolute atomic E-state index is 0.0156. The van der Waals surface area contributed by atoms with Gasteiger partial charge in [0.05, 0.1) is 6.61 Å². The second kappa shape index (κ2) is 8.11. The van der Waals surface area contributed by atoms with E-state index in [-0.39, 0.29) is 24.2 Å². The predicted octanol–water partition coefficient (Wildman–Crippen LogP) is 2.07. The summed E-state index contributed by atoms with van der Waals surface area (Å²) in [5.74, 6) is 0.282. The third kappa shape index (κ3) is 5.16. The highest BCUT2D eigenvalue weighted by Gasteiger charge is 2.06. The fraction of sp³-hybridized carbons (Fsp3) is 0.125. The first-order valence-electron chi connectivity index (χ1n) is 6.66. The number of hydrogen-bond acceptors (Lipinski definition) is 4. The standard InChI is InChI=1S/C16H16N2O3S/c19-10-12-6-8-13(9-7-12)17-16(22)18-15(20)11-21-14-4-2-1-3-5-14/h1-9,19H,10-11H2,(H2,17,18,20,22). The van der Waals surface area contributed by atoms with Gasteiger partial charge in [-0.05, 0) is 42.0 Å². The molecule has 0 fully saturated rings. The highest BCUT2D eigenvalue weighted by atomic mass is 32.1.